The van der Waals surface area contributed by atoms with Crippen LogP contribution in [0.3, 0.4) is 0 Å². The van der Waals surface area contributed by atoms with Crippen LogP contribution in [0.5, 0.6) is 0 Å². The summed E-state index contributed by atoms with van der Waals surface area (Å²) in [6.07, 6.45) is 15.8. The van der Waals surface area contributed by atoms with Gasteiger partial charge in [0, 0.05) is 17.5 Å². The van der Waals surface area contributed by atoms with Crippen LogP contribution >= 0.6 is 0 Å². The van der Waals surface area contributed by atoms with Crippen LogP contribution in [-0.4, -0.2) is 7.05 Å². The number of anilines is 2. The maximum absolute atomic E-state index is 4.50. The molecule has 0 atom stereocenters. The van der Waals surface area contributed by atoms with Crippen molar-refractivity contribution in [3.05, 3.63) is 164 Å². The first-order valence-electron chi connectivity index (χ1n) is 12.6. The van der Waals surface area contributed by atoms with E-state index in [4.69, 9.17) is 0 Å². The van der Waals surface area contributed by atoms with Crippen molar-refractivity contribution < 1.29 is 0 Å². The second-order valence-corrected chi connectivity index (χ2v) is 7.98. The predicted octanol–water partition coefficient (Wildman–Crippen LogP) is 7.60. The first-order chi connectivity index (χ1) is 18.7. The second-order valence-electron chi connectivity index (χ2n) is 7.98. The minimum atomic E-state index is 0.951. The van der Waals surface area contributed by atoms with E-state index in [1.54, 1.807) is 6.08 Å². The Morgan fingerprint density at radius 3 is 2.00 bits per heavy atom. The summed E-state index contributed by atoms with van der Waals surface area (Å²) in [6, 6.07) is 27.8. The van der Waals surface area contributed by atoms with Crippen molar-refractivity contribution in [3.8, 4) is 0 Å². The summed E-state index contributed by atoms with van der Waals surface area (Å²) < 4.78 is 0. The molecule has 4 heteroatoms. The SMILES string of the molecule is C=C/C=C(\C=C)CC.C=C1/C=C\C=C/N(c2ccc(Cc3ccccc3)cc2)c2ccccc21.CN.NN. The summed E-state index contributed by atoms with van der Waals surface area (Å²) in [5.74, 6) is 8.00. The van der Waals surface area contributed by atoms with Gasteiger partial charge in [-0.05, 0) is 66.4 Å². The molecule has 1 aliphatic heterocycles. The first-order valence-corrected chi connectivity index (χ1v) is 12.6. The number of rotatable bonds is 6. The Bertz CT molecular complexity index is 1200. The van der Waals surface area contributed by atoms with Gasteiger partial charge in [0.1, 0.15) is 0 Å². The molecule has 3 aromatic rings. The van der Waals surface area contributed by atoms with Crippen molar-refractivity contribution in [2.75, 3.05) is 11.9 Å². The van der Waals surface area contributed by atoms with Gasteiger partial charge in [-0.15, -0.1) is 0 Å². The second kappa shape index (κ2) is 19.0. The van der Waals surface area contributed by atoms with Crippen molar-refractivity contribution in [3.63, 3.8) is 0 Å². The maximum atomic E-state index is 4.50. The van der Waals surface area contributed by atoms with E-state index in [1.165, 1.54) is 23.7 Å². The van der Waals surface area contributed by atoms with E-state index in [0.717, 1.165) is 35.4 Å². The van der Waals surface area contributed by atoms with Gasteiger partial charge in [-0.25, -0.2) is 0 Å². The molecule has 0 fully saturated rings. The van der Waals surface area contributed by atoms with Crippen LogP contribution in [0.15, 0.2) is 147 Å². The lowest BCUT2D eigenvalue weighted by Crippen LogP contribution is -2.11. The number of allylic oxidation sites excluding steroid dienone is 8. The Hall–Kier alpha value is -4.22. The van der Waals surface area contributed by atoms with Gasteiger partial charge in [-0.2, -0.15) is 0 Å². The molecule has 0 spiro atoms. The van der Waals surface area contributed by atoms with Gasteiger partial charge in [-0.3, -0.25) is 11.7 Å². The van der Waals surface area contributed by atoms with Crippen LogP contribution in [0.4, 0.5) is 11.4 Å². The fourth-order valence-electron chi connectivity index (χ4n) is 3.75. The van der Waals surface area contributed by atoms with Crippen molar-refractivity contribution in [1.29, 1.82) is 0 Å². The maximum Gasteiger partial charge on any atom is 0.0533 e. The molecule has 6 N–H and O–H groups in total. The highest BCUT2D eigenvalue weighted by Crippen LogP contribution is 2.34. The van der Waals surface area contributed by atoms with Crippen molar-refractivity contribution in [1.82, 2.24) is 0 Å². The molecule has 0 unspecified atom stereocenters. The molecule has 198 valence electrons. The van der Waals surface area contributed by atoms with E-state index >= 15 is 0 Å². The number of benzene rings is 3. The molecule has 0 aliphatic carbocycles. The third-order valence-corrected chi connectivity index (χ3v) is 5.62. The Kier molecular flexibility index (Phi) is 15.9. The average Bonchev–Trinajstić information content (AvgIpc) is 2.98. The monoisotopic (exact) mass is 506 g/mol. The largest absolute Gasteiger partial charge is 0.333 e. The smallest absolute Gasteiger partial charge is 0.0533 e. The highest BCUT2D eigenvalue weighted by molar-refractivity contribution is 5.85. The van der Waals surface area contributed by atoms with Gasteiger partial charge in [0.15, 0.2) is 0 Å². The van der Waals surface area contributed by atoms with Crippen molar-refractivity contribution in [2.45, 2.75) is 19.8 Å². The van der Waals surface area contributed by atoms with E-state index < -0.39 is 0 Å². The minimum Gasteiger partial charge on any atom is -0.333 e. The zero-order chi connectivity index (χ0) is 28.2. The third kappa shape index (κ3) is 10.0. The molecule has 4 rings (SSSR count). The quantitative estimate of drug-likeness (QED) is 0.183. The summed E-state index contributed by atoms with van der Waals surface area (Å²) in [7, 11) is 1.50. The Labute approximate surface area is 229 Å². The van der Waals surface area contributed by atoms with Crippen LogP contribution < -0.4 is 22.3 Å². The molecule has 38 heavy (non-hydrogen) atoms. The fourth-order valence-corrected chi connectivity index (χ4v) is 3.75. The Balaban J connectivity index is 0.000000514. The first kappa shape index (κ1) is 31.8. The normalized spacial score (nSPS) is 13.3. The van der Waals surface area contributed by atoms with E-state index in [1.807, 2.05) is 18.2 Å². The number of nitrogens with two attached hydrogens (primary N) is 3. The van der Waals surface area contributed by atoms with Gasteiger partial charge in [0.2, 0.25) is 0 Å². The number of para-hydroxylation sites is 1. The summed E-state index contributed by atoms with van der Waals surface area (Å²) >= 11 is 0. The molecule has 1 heterocycles. The number of hydrogen-bond donors (Lipinski definition) is 3. The van der Waals surface area contributed by atoms with Crippen LogP contribution in [0.1, 0.15) is 30.0 Å². The number of fused-ring (bicyclic) bond motifs is 1. The molecular formula is C34H42N4. The van der Waals surface area contributed by atoms with Gasteiger partial charge in [-0.1, -0.05) is 118 Å². The van der Waals surface area contributed by atoms with Gasteiger partial charge >= 0.3 is 0 Å². The highest BCUT2D eigenvalue weighted by Gasteiger charge is 2.13. The average molecular weight is 507 g/mol. The molecule has 3 aromatic carbocycles. The molecule has 4 nitrogen and oxygen atoms in total. The summed E-state index contributed by atoms with van der Waals surface area (Å²) in [5, 5.41) is 0. The summed E-state index contributed by atoms with van der Waals surface area (Å²) in [6.45, 7) is 13.5. The molecule has 0 amide bonds. The molecule has 0 aromatic heterocycles. The summed E-state index contributed by atoms with van der Waals surface area (Å²) in [5.41, 5.74) is 12.9. The predicted molar refractivity (Wildman–Crippen MR) is 169 cm³/mol. The Morgan fingerprint density at radius 1 is 0.816 bits per heavy atom. The Morgan fingerprint density at radius 2 is 1.42 bits per heavy atom. The van der Waals surface area contributed by atoms with Gasteiger partial charge in [0.25, 0.3) is 0 Å². The topological polar surface area (TPSA) is 81.3 Å². The number of hydrogen-bond acceptors (Lipinski definition) is 4. The fraction of sp³-hybridized carbons (Fsp3) is 0.118. The van der Waals surface area contributed by atoms with Crippen LogP contribution in [0, 0.1) is 0 Å². The molecule has 0 bridgehead atoms. The molecule has 0 saturated carbocycles. The number of hydrazine groups is 1. The highest BCUT2D eigenvalue weighted by atomic mass is 15.1. The van der Waals surface area contributed by atoms with Crippen LogP contribution in [0.2, 0.25) is 0 Å². The molecule has 0 saturated heterocycles. The van der Waals surface area contributed by atoms with Crippen molar-refractivity contribution >= 4 is 16.9 Å². The zero-order valence-corrected chi connectivity index (χ0v) is 22.8. The minimum absolute atomic E-state index is 0.951. The van der Waals surface area contributed by atoms with E-state index in [-0.39, 0.29) is 0 Å². The van der Waals surface area contributed by atoms with E-state index in [9.17, 15) is 0 Å². The summed E-state index contributed by atoms with van der Waals surface area (Å²) in [4.78, 5) is 2.22. The standard InChI is InChI=1S/C25H21N.C8H12.CH5N.H4N2/c1-20-9-7-8-18-26(25-13-6-5-12-24(20)25)23-16-14-22(15-17-23)19-21-10-3-2-4-11-21;1-4-7-8(5-2)6-3;2*1-2/h2-18H,1,19H2;4-5,7H,1-2,6H2,3H3;2H2,1H3;1-2H2/b9-7-,18-8-;8-7+;;. The molecule has 1 aliphatic rings. The lowest BCUT2D eigenvalue weighted by atomic mass is 10.0. The van der Waals surface area contributed by atoms with Gasteiger partial charge < -0.3 is 10.6 Å². The van der Waals surface area contributed by atoms with Crippen LogP contribution in [-0.2, 0) is 6.42 Å². The lowest BCUT2D eigenvalue weighted by molar-refractivity contribution is 1.15. The van der Waals surface area contributed by atoms with Gasteiger partial charge in [0.05, 0.1) is 5.69 Å². The van der Waals surface area contributed by atoms with Crippen LogP contribution in [0.25, 0.3) is 5.57 Å². The van der Waals surface area contributed by atoms with E-state index in [0.29, 0.717) is 0 Å². The zero-order valence-electron chi connectivity index (χ0n) is 22.8. The lowest BCUT2D eigenvalue weighted by Gasteiger charge is -2.25. The molecule has 0 radical (unpaired) electrons. The van der Waals surface area contributed by atoms with Crippen molar-refractivity contribution in [2.24, 2.45) is 17.4 Å². The third-order valence-electron chi connectivity index (χ3n) is 5.62. The molecular weight excluding hydrogens is 464 g/mol. The van der Waals surface area contributed by atoms with E-state index in [2.05, 4.69) is 146 Å². The number of nitrogens with zero attached hydrogens (tertiary/aromatic N) is 1.